The molecular weight excluding hydrogens is 470 g/mol. The molecule has 1 aliphatic rings. The number of rotatable bonds is 10. The molecule has 0 aliphatic carbocycles. The highest BCUT2D eigenvalue weighted by molar-refractivity contribution is 7.89. The number of hydrogen-bond acceptors (Lipinski definition) is 7. The summed E-state index contributed by atoms with van der Waals surface area (Å²) in [5.74, 6) is 1.47. The number of benzene rings is 2. The molecule has 2 aromatic carbocycles. The molecule has 9 nitrogen and oxygen atoms in total. The van der Waals surface area contributed by atoms with Crippen molar-refractivity contribution in [2.75, 3.05) is 60.1 Å². The van der Waals surface area contributed by atoms with Gasteiger partial charge in [-0.1, -0.05) is 12.1 Å². The van der Waals surface area contributed by atoms with Gasteiger partial charge in [0.25, 0.3) is 5.91 Å². The van der Waals surface area contributed by atoms with Crippen LogP contribution in [0.4, 0.5) is 0 Å². The average Bonchev–Trinajstić information content (AvgIpc) is 2.83. The van der Waals surface area contributed by atoms with E-state index in [9.17, 15) is 13.2 Å². The quantitative estimate of drug-likeness (QED) is 0.530. The van der Waals surface area contributed by atoms with Gasteiger partial charge < -0.3 is 19.5 Å². The predicted molar refractivity (Wildman–Crippen MR) is 127 cm³/mol. The Morgan fingerprint density at radius 2 is 1.58 bits per heavy atom. The number of amides is 1. The van der Waals surface area contributed by atoms with Crippen LogP contribution in [0.1, 0.15) is 0 Å². The molecule has 33 heavy (non-hydrogen) atoms. The third kappa shape index (κ3) is 7.23. The van der Waals surface area contributed by atoms with Crippen molar-refractivity contribution < 1.29 is 27.4 Å². The molecule has 0 spiro atoms. The smallest absolute Gasteiger partial charge is 0.257 e. The van der Waals surface area contributed by atoms with Crippen molar-refractivity contribution in [2.24, 2.45) is 0 Å². The van der Waals surface area contributed by atoms with E-state index in [0.29, 0.717) is 56.5 Å². The normalized spacial score (nSPS) is 14.7. The zero-order valence-electron chi connectivity index (χ0n) is 18.7. The molecule has 0 aromatic heterocycles. The van der Waals surface area contributed by atoms with Crippen molar-refractivity contribution in [3.8, 4) is 17.2 Å². The maximum Gasteiger partial charge on any atom is 0.257 e. The highest BCUT2D eigenvalue weighted by Crippen LogP contribution is 2.25. The van der Waals surface area contributed by atoms with Gasteiger partial charge in [-0.3, -0.25) is 9.69 Å². The molecular formula is C22H30ClN3O6S. The maximum atomic E-state index is 12.8. The van der Waals surface area contributed by atoms with Crippen molar-refractivity contribution in [1.82, 2.24) is 14.5 Å². The van der Waals surface area contributed by atoms with Gasteiger partial charge in [0.1, 0.15) is 5.75 Å². The Morgan fingerprint density at radius 3 is 2.18 bits per heavy atom. The Balaban J connectivity index is 0.00000385. The lowest BCUT2D eigenvalue weighted by atomic mass is 10.3. The Hall–Kier alpha value is -2.53. The molecule has 0 unspecified atom stereocenters. The second kappa shape index (κ2) is 12.6. The van der Waals surface area contributed by atoms with Crippen molar-refractivity contribution in [3.63, 3.8) is 0 Å². The summed E-state index contributed by atoms with van der Waals surface area (Å²) in [6.07, 6.45) is 0. The van der Waals surface area contributed by atoms with E-state index in [2.05, 4.69) is 10.2 Å². The zero-order valence-corrected chi connectivity index (χ0v) is 20.4. The second-order valence-electron chi connectivity index (χ2n) is 7.21. The number of ether oxygens (including phenoxy) is 3. The maximum absolute atomic E-state index is 12.8. The van der Waals surface area contributed by atoms with E-state index in [4.69, 9.17) is 14.2 Å². The Kier molecular flexibility index (Phi) is 10.2. The van der Waals surface area contributed by atoms with Crippen LogP contribution < -0.4 is 19.5 Å². The van der Waals surface area contributed by atoms with E-state index in [1.165, 1.54) is 4.31 Å². The summed E-state index contributed by atoms with van der Waals surface area (Å²) in [5.41, 5.74) is 0. The first-order valence-corrected chi connectivity index (χ1v) is 11.8. The molecule has 1 N–H and O–H groups in total. The Morgan fingerprint density at radius 1 is 0.939 bits per heavy atom. The van der Waals surface area contributed by atoms with Gasteiger partial charge >= 0.3 is 0 Å². The van der Waals surface area contributed by atoms with Crippen LogP contribution in [0.3, 0.4) is 0 Å². The van der Waals surface area contributed by atoms with Gasteiger partial charge in [0.2, 0.25) is 10.0 Å². The lowest BCUT2D eigenvalue weighted by molar-refractivity contribution is -0.123. The van der Waals surface area contributed by atoms with Crippen LogP contribution in [0.2, 0.25) is 0 Å². The molecule has 1 aliphatic heterocycles. The Bertz CT molecular complexity index is 995. The van der Waals surface area contributed by atoms with E-state index in [0.717, 1.165) is 0 Å². The van der Waals surface area contributed by atoms with Gasteiger partial charge in [-0.25, -0.2) is 8.42 Å². The Labute approximate surface area is 201 Å². The van der Waals surface area contributed by atoms with Crippen LogP contribution in [0.15, 0.2) is 53.4 Å². The number of nitrogens with zero attached hydrogens (tertiary/aromatic N) is 2. The van der Waals surface area contributed by atoms with Gasteiger partial charge in [0.05, 0.1) is 19.1 Å². The molecule has 0 bridgehead atoms. The van der Waals surface area contributed by atoms with E-state index in [1.54, 1.807) is 50.6 Å². The zero-order chi connectivity index (χ0) is 23.0. The minimum Gasteiger partial charge on any atom is -0.497 e. The number of methoxy groups -OCH3 is 2. The summed E-state index contributed by atoms with van der Waals surface area (Å²) in [6, 6.07) is 13.5. The third-order valence-electron chi connectivity index (χ3n) is 5.21. The van der Waals surface area contributed by atoms with Crippen molar-refractivity contribution in [3.05, 3.63) is 48.5 Å². The van der Waals surface area contributed by atoms with Gasteiger partial charge in [-0.2, -0.15) is 4.31 Å². The first-order chi connectivity index (χ1) is 15.4. The van der Waals surface area contributed by atoms with Crippen LogP contribution in [0.5, 0.6) is 17.2 Å². The van der Waals surface area contributed by atoms with Gasteiger partial charge in [0.15, 0.2) is 18.1 Å². The van der Waals surface area contributed by atoms with Gasteiger partial charge in [-0.15, -0.1) is 12.4 Å². The van der Waals surface area contributed by atoms with E-state index >= 15 is 0 Å². The van der Waals surface area contributed by atoms with Gasteiger partial charge in [0, 0.05) is 39.3 Å². The fourth-order valence-electron chi connectivity index (χ4n) is 3.38. The SMILES string of the molecule is COc1ccc(S(=O)(=O)N2CCN(CCNC(=O)COc3ccccc3OC)CC2)cc1.Cl. The minimum atomic E-state index is -3.53. The largest absolute Gasteiger partial charge is 0.497 e. The molecule has 1 saturated heterocycles. The lowest BCUT2D eigenvalue weighted by Gasteiger charge is -2.34. The fourth-order valence-corrected chi connectivity index (χ4v) is 4.80. The number of para-hydroxylation sites is 2. The molecule has 1 fully saturated rings. The number of carbonyl (C=O) groups is 1. The van der Waals surface area contributed by atoms with Crippen LogP contribution in [0.25, 0.3) is 0 Å². The van der Waals surface area contributed by atoms with Crippen LogP contribution in [-0.2, 0) is 14.8 Å². The first-order valence-electron chi connectivity index (χ1n) is 10.3. The van der Waals surface area contributed by atoms with Crippen molar-refractivity contribution in [1.29, 1.82) is 0 Å². The molecule has 2 aromatic rings. The van der Waals surface area contributed by atoms with Crippen LogP contribution >= 0.6 is 12.4 Å². The molecule has 11 heteroatoms. The summed E-state index contributed by atoms with van der Waals surface area (Å²) in [5, 5.41) is 2.83. The molecule has 1 amide bonds. The summed E-state index contributed by atoms with van der Waals surface area (Å²) >= 11 is 0. The van der Waals surface area contributed by atoms with E-state index in [1.807, 2.05) is 12.1 Å². The molecule has 1 heterocycles. The number of halogens is 1. The number of carbonyl (C=O) groups excluding carboxylic acids is 1. The fraction of sp³-hybridized carbons (Fsp3) is 0.409. The highest BCUT2D eigenvalue weighted by atomic mass is 35.5. The topological polar surface area (TPSA) is 97.4 Å². The summed E-state index contributed by atoms with van der Waals surface area (Å²) in [6.45, 7) is 2.99. The molecule has 0 atom stereocenters. The predicted octanol–water partition coefficient (Wildman–Crippen LogP) is 1.63. The van der Waals surface area contributed by atoms with Crippen LogP contribution in [0, 0.1) is 0 Å². The third-order valence-corrected chi connectivity index (χ3v) is 7.12. The molecule has 0 radical (unpaired) electrons. The van der Waals surface area contributed by atoms with E-state index < -0.39 is 10.0 Å². The average molecular weight is 500 g/mol. The molecule has 182 valence electrons. The summed E-state index contributed by atoms with van der Waals surface area (Å²) in [7, 11) is -0.443. The van der Waals surface area contributed by atoms with Crippen molar-refractivity contribution >= 4 is 28.3 Å². The first kappa shape index (κ1) is 26.7. The number of sulfonamides is 1. The van der Waals surface area contributed by atoms with Gasteiger partial charge in [-0.05, 0) is 36.4 Å². The monoisotopic (exact) mass is 499 g/mol. The van der Waals surface area contributed by atoms with Crippen molar-refractivity contribution in [2.45, 2.75) is 4.90 Å². The highest BCUT2D eigenvalue weighted by Gasteiger charge is 2.28. The second-order valence-corrected chi connectivity index (χ2v) is 9.15. The summed E-state index contributed by atoms with van der Waals surface area (Å²) in [4.78, 5) is 14.4. The van der Waals surface area contributed by atoms with E-state index in [-0.39, 0.29) is 29.8 Å². The number of hydrogen-bond donors (Lipinski definition) is 1. The number of nitrogens with one attached hydrogen (secondary N) is 1. The molecule has 0 saturated carbocycles. The lowest BCUT2D eigenvalue weighted by Crippen LogP contribution is -2.50. The standard InChI is InChI=1S/C22H29N3O6S.ClH/c1-29-18-7-9-19(10-8-18)32(27,28)25-15-13-24(14-16-25)12-11-23-22(26)17-31-21-6-4-3-5-20(21)30-2;/h3-10H,11-17H2,1-2H3,(H,23,26);1H. The number of piperazine rings is 1. The molecule has 3 rings (SSSR count). The van der Waals surface area contributed by atoms with Crippen LogP contribution in [-0.4, -0.2) is 83.6 Å². The minimum absolute atomic E-state index is 0. The summed E-state index contributed by atoms with van der Waals surface area (Å²) < 4.78 is 42.9.